The van der Waals surface area contributed by atoms with Crippen molar-refractivity contribution in [3.63, 3.8) is 0 Å². The minimum Gasteiger partial charge on any atom is -0.478 e. The number of pyridine rings is 1. The summed E-state index contributed by atoms with van der Waals surface area (Å²) >= 11 is 0. The predicted molar refractivity (Wildman–Crippen MR) is 109 cm³/mol. The highest BCUT2D eigenvalue weighted by Gasteiger charge is 2.24. The lowest BCUT2D eigenvalue weighted by Crippen LogP contribution is -2.16. The molecule has 162 valence electrons. The summed E-state index contributed by atoms with van der Waals surface area (Å²) in [5, 5.41) is 35.0. The topological polar surface area (TPSA) is 149 Å². The highest BCUT2D eigenvalue weighted by Crippen LogP contribution is 2.32. The van der Waals surface area contributed by atoms with Crippen molar-refractivity contribution in [1.82, 2.24) is 30.0 Å². The van der Waals surface area contributed by atoms with E-state index in [0.717, 1.165) is 5.56 Å². The Morgan fingerprint density at radius 1 is 1.26 bits per heavy atom. The van der Waals surface area contributed by atoms with Gasteiger partial charge in [0.25, 0.3) is 0 Å². The summed E-state index contributed by atoms with van der Waals surface area (Å²) in [6, 6.07) is 6.46. The summed E-state index contributed by atoms with van der Waals surface area (Å²) < 4.78 is 12.5. The molecule has 31 heavy (non-hydrogen) atoms. The van der Waals surface area contributed by atoms with Gasteiger partial charge < -0.3 is 19.5 Å². The molecule has 0 aromatic carbocycles. The van der Waals surface area contributed by atoms with Crippen LogP contribution in [0, 0.1) is 0 Å². The third kappa shape index (κ3) is 4.08. The Hall–Kier alpha value is -3.86. The molecule has 4 aromatic heterocycles. The molecule has 0 spiro atoms. The second kappa shape index (κ2) is 7.76. The highest BCUT2D eigenvalue weighted by molar-refractivity contribution is 5.87. The molecule has 0 amide bonds. The van der Waals surface area contributed by atoms with E-state index in [1.54, 1.807) is 12.1 Å². The fourth-order valence-electron chi connectivity index (χ4n) is 2.89. The average molecular weight is 426 g/mol. The molecule has 0 radical (unpaired) electrons. The first-order valence-electron chi connectivity index (χ1n) is 9.41. The van der Waals surface area contributed by atoms with Crippen LogP contribution in [0.4, 0.5) is 0 Å². The van der Waals surface area contributed by atoms with Gasteiger partial charge in [-0.3, -0.25) is 4.98 Å². The molecule has 0 aliphatic heterocycles. The summed E-state index contributed by atoms with van der Waals surface area (Å²) in [7, 11) is 0. The van der Waals surface area contributed by atoms with Crippen molar-refractivity contribution in [3.8, 4) is 17.4 Å². The lowest BCUT2D eigenvalue weighted by molar-refractivity contribution is 0.0696. The zero-order valence-corrected chi connectivity index (χ0v) is 17.1. The van der Waals surface area contributed by atoms with Crippen LogP contribution in [-0.4, -0.2) is 46.1 Å². The van der Waals surface area contributed by atoms with E-state index in [9.17, 15) is 9.90 Å². The number of carboxylic acid groups (broad SMARTS) is 1. The molecule has 11 heteroatoms. The molecule has 0 bridgehead atoms. The minimum atomic E-state index is -1.04. The van der Waals surface area contributed by atoms with Crippen LogP contribution in [0.5, 0.6) is 5.88 Å². The number of aliphatic hydroxyl groups is 1. The predicted octanol–water partition coefficient (Wildman–Crippen LogP) is 2.49. The smallest absolute Gasteiger partial charge is 0.337 e. The van der Waals surface area contributed by atoms with Gasteiger partial charge in [-0.15, -0.1) is 15.3 Å². The third-order valence-electron chi connectivity index (χ3n) is 4.54. The maximum atomic E-state index is 11.0. The van der Waals surface area contributed by atoms with E-state index in [1.807, 2.05) is 26.8 Å². The van der Waals surface area contributed by atoms with Crippen LogP contribution in [0.15, 0.2) is 35.0 Å². The van der Waals surface area contributed by atoms with Crippen LogP contribution in [-0.2, 0) is 18.6 Å². The van der Waals surface area contributed by atoms with Gasteiger partial charge in [0.1, 0.15) is 13.2 Å². The van der Waals surface area contributed by atoms with E-state index in [2.05, 4.69) is 25.4 Å². The van der Waals surface area contributed by atoms with Gasteiger partial charge in [0.15, 0.2) is 17.1 Å². The molecule has 4 rings (SSSR count). The lowest BCUT2D eigenvalue weighted by Gasteiger charge is -2.21. The van der Waals surface area contributed by atoms with Crippen molar-refractivity contribution >= 4 is 11.6 Å². The number of carbonyl (C=O) groups is 1. The minimum absolute atomic E-state index is 0. The Balaban J connectivity index is 0.00000289. The second-order valence-corrected chi connectivity index (χ2v) is 7.88. The van der Waals surface area contributed by atoms with E-state index in [-0.39, 0.29) is 25.6 Å². The molecule has 0 aliphatic rings. The number of hydrogen-bond acceptors (Lipinski definition) is 9. The molecule has 0 saturated heterocycles. The van der Waals surface area contributed by atoms with Crippen LogP contribution in [0.2, 0.25) is 0 Å². The van der Waals surface area contributed by atoms with Crippen LogP contribution in [0.3, 0.4) is 0 Å². The second-order valence-electron chi connectivity index (χ2n) is 7.88. The van der Waals surface area contributed by atoms with Gasteiger partial charge in [0.05, 0.1) is 11.3 Å². The zero-order chi connectivity index (χ0) is 22.2. The quantitative estimate of drug-likeness (QED) is 0.471. The van der Waals surface area contributed by atoms with Crippen LogP contribution < -0.4 is 4.74 Å². The normalized spacial score (nSPS) is 11.7. The summed E-state index contributed by atoms with van der Waals surface area (Å²) in [5.74, 6) is -0.0476. The summed E-state index contributed by atoms with van der Waals surface area (Å²) in [6.07, 6.45) is 1.28. The first kappa shape index (κ1) is 20.4. The van der Waals surface area contributed by atoms with Crippen molar-refractivity contribution < 1.29 is 25.7 Å². The first-order valence-corrected chi connectivity index (χ1v) is 9.41. The average Bonchev–Trinajstić information content (AvgIpc) is 3.37. The summed E-state index contributed by atoms with van der Waals surface area (Å²) in [4.78, 5) is 15.1. The van der Waals surface area contributed by atoms with Gasteiger partial charge in [0.2, 0.25) is 11.7 Å². The van der Waals surface area contributed by atoms with Crippen molar-refractivity contribution in [2.24, 2.45) is 0 Å². The number of fused-ring (bicyclic) bond motifs is 1. The number of carboxylic acids is 1. The molecule has 0 saturated carbocycles. The van der Waals surface area contributed by atoms with Gasteiger partial charge in [-0.1, -0.05) is 25.9 Å². The number of aliphatic hydroxyl groups excluding tert-OH is 1. The number of rotatable bonds is 6. The highest BCUT2D eigenvalue weighted by atomic mass is 16.5. The van der Waals surface area contributed by atoms with Gasteiger partial charge in [-0.2, -0.15) is 4.52 Å². The first-order chi connectivity index (χ1) is 14.8. The molecule has 0 atom stereocenters. The molecular weight excluding hydrogens is 404 g/mol. The lowest BCUT2D eigenvalue weighted by atomic mass is 9.88. The van der Waals surface area contributed by atoms with E-state index in [1.165, 1.54) is 16.8 Å². The van der Waals surface area contributed by atoms with Crippen molar-refractivity contribution in [1.29, 1.82) is 0 Å². The fraction of sp³-hybridized carbons (Fsp3) is 0.300. The third-order valence-corrected chi connectivity index (χ3v) is 4.54. The number of aromatic carboxylic acids is 1. The van der Waals surface area contributed by atoms with Gasteiger partial charge >= 0.3 is 5.97 Å². The Morgan fingerprint density at radius 2 is 2.06 bits per heavy atom. The van der Waals surface area contributed by atoms with Crippen molar-refractivity contribution in [3.05, 3.63) is 53.0 Å². The van der Waals surface area contributed by atoms with Crippen LogP contribution in [0.25, 0.3) is 17.2 Å². The Labute approximate surface area is 177 Å². The van der Waals surface area contributed by atoms with Crippen LogP contribution in [0.1, 0.15) is 49.6 Å². The van der Waals surface area contributed by atoms with E-state index in [4.69, 9.17) is 14.4 Å². The standard InChI is InChI=1S/C20H20N6O5.H2/c1-20(2,3)14-7-16-22-23-17(15-6-13(9-27)31-25-15)26(16)24-18(14)30-10-12-5-4-11(8-21-12)19(28)29;/h4-8,27H,9-10H2,1-3H3,(H,28,29);1H. The van der Waals surface area contributed by atoms with Gasteiger partial charge in [-0.05, 0) is 23.6 Å². The van der Waals surface area contributed by atoms with E-state index in [0.29, 0.717) is 34.5 Å². The molecule has 0 unspecified atom stereocenters. The Bertz CT molecular complexity index is 1250. The number of nitrogens with zero attached hydrogens (tertiary/aromatic N) is 6. The van der Waals surface area contributed by atoms with E-state index < -0.39 is 5.97 Å². The maximum absolute atomic E-state index is 11.0. The molecule has 4 heterocycles. The summed E-state index contributed by atoms with van der Waals surface area (Å²) in [6.45, 7) is 5.88. The molecule has 11 nitrogen and oxygen atoms in total. The molecule has 4 aromatic rings. The number of hydrogen-bond donors (Lipinski definition) is 2. The fourth-order valence-corrected chi connectivity index (χ4v) is 2.89. The Morgan fingerprint density at radius 3 is 2.68 bits per heavy atom. The Kier molecular flexibility index (Phi) is 5.11. The van der Waals surface area contributed by atoms with Gasteiger partial charge in [-0.25, -0.2) is 4.79 Å². The summed E-state index contributed by atoms with van der Waals surface area (Å²) in [5.41, 5.74) is 2.06. The largest absolute Gasteiger partial charge is 0.478 e. The van der Waals surface area contributed by atoms with E-state index >= 15 is 0 Å². The number of ether oxygens (including phenoxy) is 1. The van der Waals surface area contributed by atoms with Crippen molar-refractivity contribution in [2.45, 2.75) is 39.4 Å². The molecule has 0 aliphatic carbocycles. The monoisotopic (exact) mass is 426 g/mol. The SMILES string of the molecule is CC(C)(C)c1cc2nnc(-c3cc(CO)on3)n2nc1OCc1ccc(C(=O)O)cn1.[HH]. The van der Waals surface area contributed by atoms with Crippen LogP contribution >= 0.6 is 0 Å². The zero-order valence-electron chi connectivity index (χ0n) is 17.1. The molecular formula is C20H22N6O5. The van der Waals surface area contributed by atoms with Crippen molar-refractivity contribution in [2.75, 3.05) is 0 Å². The molecule has 2 N–H and O–H groups in total. The maximum Gasteiger partial charge on any atom is 0.337 e. The van der Waals surface area contributed by atoms with Gasteiger partial charge in [0, 0.05) is 19.3 Å². The number of aromatic nitrogens is 6. The molecule has 0 fully saturated rings.